The Hall–Kier alpha value is -0.810. The largest absolute Gasteiger partial charge is 0.352 e. The van der Waals surface area contributed by atoms with Gasteiger partial charge in [0.2, 0.25) is 11.8 Å². The molecule has 2 atom stereocenters. The number of carbonyl (C=O) groups excluding carboxylic acids is 2. The number of halogens is 1. The summed E-state index contributed by atoms with van der Waals surface area (Å²) in [6.07, 6.45) is 3.37. The van der Waals surface area contributed by atoms with Crippen LogP contribution in [0.5, 0.6) is 0 Å². The molecule has 20 heavy (non-hydrogen) atoms. The Morgan fingerprint density at radius 3 is 2.70 bits per heavy atom. The SMILES string of the molecule is CCCC(=O)NC1CCCN(C(=O)C(C)CNC)C1.Cl. The third-order valence-electron chi connectivity index (χ3n) is 3.51. The van der Waals surface area contributed by atoms with E-state index in [4.69, 9.17) is 0 Å². The van der Waals surface area contributed by atoms with Crippen LogP contribution in [0, 0.1) is 5.92 Å². The Labute approximate surface area is 128 Å². The highest BCUT2D eigenvalue weighted by molar-refractivity contribution is 5.85. The van der Waals surface area contributed by atoms with Crippen molar-refractivity contribution in [1.29, 1.82) is 0 Å². The molecule has 0 radical (unpaired) electrons. The molecule has 0 saturated carbocycles. The number of carbonyl (C=O) groups is 2. The first-order valence-corrected chi connectivity index (χ1v) is 7.31. The molecule has 2 unspecified atom stereocenters. The molecule has 1 aliphatic rings. The molecule has 1 rings (SSSR count). The van der Waals surface area contributed by atoms with Gasteiger partial charge in [0.05, 0.1) is 0 Å². The number of amides is 2. The Balaban J connectivity index is 0.00000361. The average molecular weight is 306 g/mol. The predicted octanol–water partition coefficient (Wildman–Crippen LogP) is 1.17. The van der Waals surface area contributed by atoms with Crippen LogP contribution >= 0.6 is 12.4 Å². The molecule has 0 aromatic rings. The summed E-state index contributed by atoms with van der Waals surface area (Å²) in [5.74, 6) is 0.281. The molecule has 0 bridgehead atoms. The van der Waals surface area contributed by atoms with E-state index in [0.717, 1.165) is 25.8 Å². The van der Waals surface area contributed by atoms with Crippen LogP contribution in [0.1, 0.15) is 39.5 Å². The van der Waals surface area contributed by atoms with Crippen molar-refractivity contribution in [2.45, 2.75) is 45.6 Å². The lowest BCUT2D eigenvalue weighted by atomic mass is 10.0. The number of rotatable bonds is 6. The summed E-state index contributed by atoms with van der Waals surface area (Å²) in [6, 6.07) is 0.124. The van der Waals surface area contributed by atoms with Gasteiger partial charge >= 0.3 is 0 Å². The number of hydrogen-bond acceptors (Lipinski definition) is 3. The molecule has 0 spiro atoms. The van der Waals surface area contributed by atoms with E-state index in [1.165, 1.54) is 0 Å². The first-order chi connectivity index (χ1) is 9.08. The minimum atomic E-state index is -0.00454. The van der Waals surface area contributed by atoms with Gasteiger partial charge < -0.3 is 15.5 Å². The summed E-state index contributed by atoms with van der Waals surface area (Å²) in [5, 5.41) is 6.06. The van der Waals surface area contributed by atoms with Gasteiger partial charge in [-0.15, -0.1) is 12.4 Å². The zero-order valence-electron chi connectivity index (χ0n) is 12.8. The molecular formula is C14H28ClN3O2. The smallest absolute Gasteiger partial charge is 0.226 e. The van der Waals surface area contributed by atoms with E-state index in [1.54, 1.807) is 0 Å². The van der Waals surface area contributed by atoms with Crippen molar-refractivity contribution < 1.29 is 9.59 Å². The second-order valence-electron chi connectivity index (χ2n) is 5.40. The van der Waals surface area contributed by atoms with Gasteiger partial charge in [-0.3, -0.25) is 9.59 Å². The molecule has 2 N–H and O–H groups in total. The van der Waals surface area contributed by atoms with E-state index in [0.29, 0.717) is 19.5 Å². The van der Waals surface area contributed by atoms with Gasteiger partial charge in [0.25, 0.3) is 0 Å². The van der Waals surface area contributed by atoms with Crippen molar-refractivity contribution in [1.82, 2.24) is 15.5 Å². The monoisotopic (exact) mass is 305 g/mol. The lowest BCUT2D eigenvalue weighted by Gasteiger charge is -2.34. The van der Waals surface area contributed by atoms with Gasteiger partial charge in [-0.2, -0.15) is 0 Å². The van der Waals surface area contributed by atoms with Gasteiger partial charge in [0.15, 0.2) is 0 Å². The van der Waals surface area contributed by atoms with Gasteiger partial charge in [-0.1, -0.05) is 13.8 Å². The highest BCUT2D eigenvalue weighted by Gasteiger charge is 2.26. The van der Waals surface area contributed by atoms with E-state index >= 15 is 0 Å². The molecule has 1 aliphatic heterocycles. The zero-order chi connectivity index (χ0) is 14.3. The molecule has 1 fully saturated rings. The maximum Gasteiger partial charge on any atom is 0.226 e. The number of hydrogen-bond donors (Lipinski definition) is 2. The van der Waals surface area contributed by atoms with Gasteiger partial charge in [-0.25, -0.2) is 0 Å². The molecule has 6 heteroatoms. The maximum atomic E-state index is 12.2. The van der Waals surface area contributed by atoms with Crippen LogP contribution in [0.25, 0.3) is 0 Å². The summed E-state index contributed by atoms with van der Waals surface area (Å²) < 4.78 is 0. The van der Waals surface area contributed by atoms with Gasteiger partial charge in [0.1, 0.15) is 0 Å². The number of nitrogens with zero attached hydrogens (tertiary/aromatic N) is 1. The summed E-state index contributed by atoms with van der Waals surface area (Å²) >= 11 is 0. The Kier molecular flexibility index (Phi) is 9.59. The fourth-order valence-corrected chi connectivity index (χ4v) is 2.53. The summed E-state index contributed by atoms with van der Waals surface area (Å²) in [7, 11) is 1.85. The maximum absolute atomic E-state index is 12.2. The topological polar surface area (TPSA) is 61.4 Å². The van der Waals surface area contributed by atoms with Crippen LogP contribution < -0.4 is 10.6 Å². The van der Waals surface area contributed by atoms with Crippen LogP contribution in [0.4, 0.5) is 0 Å². The third kappa shape index (κ3) is 6.09. The minimum absolute atomic E-state index is 0. The zero-order valence-corrected chi connectivity index (χ0v) is 13.6. The van der Waals surface area contributed by atoms with Crippen molar-refractivity contribution in [2.75, 3.05) is 26.7 Å². The standard InChI is InChI=1S/C14H27N3O2.ClH/c1-4-6-13(18)16-12-7-5-8-17(10-12)14(19)11(2)9-15-3;/h11-12,15H,4-10H2,1-3H3,(H,16,18);1H. The van der Waals surface area contributed by atoms with Crippen molar-refractivity contribution in [2.24, 2.45) is 5.92 Å². The third-order valence-corrected chi connectivity index (χ3v) is 3.51. The second-order valence-corrected chi connectivity index (χ2v) is 5.40. The summed E-state index contributed by atoms with van der Waals surface area (Å²) in [6.45, 7) is 6.10. The van der Waals surface area contributed by atoms with Crippen LogP contribution in [0.15, 0.2) is 0 Å². The molecule has 0 aromatic carbocycles. The van der Waals surface area contributed by atoms with Crippen LogP contribution in [-0.4, -0.2) is 49.4 Å². The van der Waals surface area contributed by atoms with Crippen molar-refractivity contribution >= 4 is 24.2 Å². The van der Waals surface area contributed by atoms with Gasteiger partial charge in [0, 0.05) is 38.0 Å². The predicted molar refractivity (Wildman–Crippen MR) is 83.0 cm³/mol. The Bertz CT molecular complexity index is 313. The summed E-state index contributed by atoms with van der Waals surface area (Å²) in [4.78, 5) is 25.7. The number of nitrogens with one attached hydrogen (secondary N) is 2. The van der Waals surface area contributed by atoms with Crippen LogP contribution in [-0.2, 0) is 9.59 Å². The first-order valence-electron chi connectivity index (χ1n) is 7.31. The molecule has 1 heterocycles. The van der Waals surface area contributed by atoms with E-state index in [1.807, 2.05) is 25.8 Å². The minimum Gasteiger partial charge on any atom is -0.352 e. The Morgan fingerprint density at radius 2 is 2.10 bits per heavy atom. The van der Waals surface area contributed by atoms with E-state index in [-0.39, 0.29) is 36.2 Å². The van der Waals surface area contributed by atoms with Crippen molar-refractivity contribution in [3.8, 4) is 0 Å². The highest BCUT2D eigenvalue weighted by Crippen LogP contribution is 2.13. The first kappa shape index (κ1) is 19.2. The van der Waals surface area contributed by atoms with Crippen LogP contribution in [0.3, 0.4) is 0 Å². The molecule has 118 valence electrons. The van der Waals surface area contributed by atoms with E-state index < -0.39 is 0 Å². The highest BCUT2D eigenvalue weighted by atomic mass is 35.5. The lowest BCUT2D eigenvalue weighted by molar-refractivity contribution is -0.137. The van der Waals surface area contributed by atoms with Crippen molar-refractivity contribution in [3.05, 3.63) is 0 Å². The average Bonchev–Trinajstić information content (AvgIpc) is 2.38. The molecule has 0 aromatic heterocycles. The normalized spacial score (nSPS) is 19.9. The molecular weight excluding hydrogens is 278 g/mol. The lowest BCUT2D eigenvalue weighted by Crippen LogP contribution is -2.51. The molecule has 0 aliphatic carbocycles. The van der Waals surface area contributed by atoms with E-state index in [2.05, 4.69) is 10.6 Å². The molecule has 2 amide bonds. The number of piperidine rings is 1. The quantitative estimate of drug-likeness (QED) is 0.774. The van der Waals surface area contributed by atoms with E-state index in [9.17, 15) is 9.59 Å². The molecule has 1 saturated heterocycles. The summed E-state index contributed by atoms with van der Waals surface area (Å²) in [5.41, 5.74) is 0. The van der Waals surface area contributed by atoms with Gasteiger partial charge in [-0.05, 0) is 26.3 Å². The second kappa shape index (κ2) is 10.00. The molecule has 5 nitrogen and oxygen atoms in total. The van der Waals surface area contributed by atoms with Crippen molar-refractivity contribution in [3.63, 3.8) is 0 Å². The fraction of sp³-hybridized carbons (Fsp3) is 0.857. The number of likely N-dealkylation sites (tertiary alicyclic amines) is 1. The Morgan fingerprint density at radius 1 is 1.40 bits per heavy atom. The van der Waals surface area contributed by atoms with Crippen LogP contribution in [0.2, 0.25) is 0 Å². The fourth-order valence-electron chi connectivity index (χ4n) is 2.53.